The first kappa shape index (κ1) is 20.0. The molecular weight excluding hydrogens is 324 g/mol. The first-order valence-corrected chi connectivity index (χ1v) is 8.08. The van der Waals surface area contributed by atoms with E-state index in [0.717, 1.165) is 6.42 Å². The van der Waals surface area contributed by atoms with E-state index in [-0.39, 0.29) is 31.2 Å². The minimum atomic E-state index is -1.41. The van der Waals surface area contributed by atoms with Crippen LogP contribution in [-0.4, -0.2) is 89.1 Å². The molecule has 0 radical (unpaired) electrons. The fourth-order valence-electron chi connectivity index (χ4n) is 2.95. The highest BCUT2D eigenvalue weighted by Crippen LogP contribution is 2.39. The van der Waals surface area contributed by atoms with Gasteiger partial charge in [0.1, 0.15) is 30.5 Å². The molecule has 4 N–H and O–H groups in total. The highest BCUT2D eigenvalue weighted by molar-refractivity contribution is 4.94. The van der Waals surface area contributed by atoms with Crippen LogP contribution < -0.4 is 0 Å². The van der Waals surface area contributed by atoms with Crippen LogP contribution in [0, 0.1) is 0 Å². The summed E-state index contributed by atoms with van der Waals surface area (Å²) in [5.41, 5.74) is 0. The Hall–Kier alpha value is -0.360. The third-order valence-electron chi connectivity index (χ3n) is 4.22. The summed E-state index contributed by atoms with van der Waals surface area (Å²) in [7, 11) is 1.63. The Bertz CT molecular complexity index is 370. The average molecular weight is 352 g/mol. The van der Waals surface area contributed by atoms with Crippen molar-refractivity contribution in [2.75, 3.05) is 13.7 Å². The lowest BCUT2D eigenvalue weighted by atomic mass is 10.1. The molecule has 8 atom stereocenters. The maximum absolute atomic E-state index is 8.88. The molecule has 3 fully saturated rings. The van der Waals surface area contributed by atoms with Gasteiger partial charge in [0.05, 0.1) is 12.7 Å². The number of aliphatic hydroxyl groups excluding tert-OH is 4. The number of rotatable bonds is 2. The van der Waals surface area contributed by atoms with E-state index in [0.29, 0.717) is 0 Å². The van der Waals surface area contributed by atoms with Gasteiger partial charge in [-0.15, -0.1) is 0 Å². The maximum atomic E-state index is 8.88. The third-order valence-corrected chi connectivity index (χ3v) is 4.22. The number of hydrogen-bond acceptors (Lipinski definition) is 9. The van der Waals surface area contributed by atoms with Crippen LogP contribution in [-0.2, 0) is 23.7 Å². The number of hydrogen-bond donors (Lipinski definition) is 4. The first-order chi connectivity index (χ1) is 11.2. The highest BCUT2D eigenvalue weighted by atomic mass is 16.8. The fraction of sp³-hybridized carbons (Fsp3) is 1.00. The molecule has 2 unspecified atom stereocenters. The van der Waals surface area contributed by atoms with Crippen LogP contribution in [0.5, 0.6) is 0 Å². The largest absolute Gasteiger partial charge is 0.388 e. The van der Waals surface area contributed by atoms with Crippen molar-refractivity contribution in [3.8, 4) is 0 Å². The minimum Gasteiger partial charge on any atom is -0.388 e. The van der Waals surface area contributed by atoms with Crippen molar-refractivity contribution in [1.82, 2.24) is 0 Å². The smallest absolute Gasteiger partial charge is 0.186 e. The van der Waals surface area contributed by atoms with E-state index < -0.39 is 30.4 Å². The molecule has 0 aromatic heterocycles. The zero-order valence-corrected chi connectivity index (χ0v) is 14.4. The van der Waals surface area contributed by atoms with Crippen molar-refractivity contribution < 1.29 is 44.1 Å². The van der Waals surface area contributed by atoms with Crippen LogP contribution >= 0.6 is 0 Å². The Morgan fingerprint density at radius 1 is 1.04 bits per heavy atom. The zero-order chi connectivity index (χ0) is 18.1. The van der Waals surface area contributed by atoms with Gasteiger partial charge in [0.15, 0.2) is 18.4 Å². The molecular formula is C15H28O9. The van der Waals surface area contributed by atoms with Gasteiger partial charge >= 0.3 is 0 Å². The summed E-state index contributed by atoms with van der Waals surface area (Å²) in [6, 6.07) is 0. The lowest BCUT2D eigenvalue weighted by Gasteiger charge is -2.31. The molecule has 3 saturated heterocycles. The van der Waals surface area contributed by atoms with Crippen LogP contribution in [0.25, 0.3) is 0 Å². The van der Waals surface area contributed by atoms with Crippen LogP contribution in [0.15, 0.2) is 0 Å². The molecule has 0 aliphatic carbocycles. The van der Waals surface area contributed by atoms with Crippen molar-refractivity contribution in [2.24, 2.45) is 0 Å². The van der Waals surface area contributed by atoms with Gasteiger partial charge in [-0.05, 0) is 20.3 Å². The van der Waals surface area contributed by atoms with Gasteiger partial charge in [-0.2, -0.15) is 0 Å². The third kappa shape index (κ3) is 4.24. The van der Waals surface area contributed by atoms with Gasteiger partial charge in [0, 0.05) is 7.11 Å². The molecule has 3 heterocycles. The molecule has 142 valence electrons. The van der Waals surface area contributed by atoms with Gasteiger partial charge in [-0.3, -0.25) is 0 Å². The lowest BCUT2D eigenvalue weighted by Crippen LogP contribution is -2.52. The Morgan fingerprint density at radius 2 is 1.67 bits per heavy atom. The second kappa shape index (κ2) is 7.90. The van der Waals surface area contributed by atoms with E-state index >= 15 is 0 Å². The van der Waals surface area contributed by atoms with E-state index in [1.54, 1.807) is 7.11 Å². The molecule has 0 amide bonds. The number of aliphatic hydroxyl groups is 4. The summed E-state index contributed by atoms with van der Waals surface area (Å²) in [4.78, 5) is 0. The second-order valence-electron chi connectivity index (χ2n) is 6.52. The van der Waals surface area contributed by atoms with Crippen molar-refractivity contribution in [3.05, 3.63) is 0 Å². The zero-order valence-electron chi connectivity index (χ0n) is 14.4. The Morgan fingerprint density at radius 3 is 2.21 bits per heavy atom. The molecule has 0 aromatic rings. The summed E-state index contributed by atoms with van der Waals surface area (Å²) in [6.45, 7) is 5.77. The van der Waals surface area contributed by atoms with Crippen molar-refractivity contribution in [3.63, 3.8) is 0 Å². The van der Waals surface area contributed by atoms with Crippen LogP contribution in [0.4, 0.5) is 0 Å². The van der Waals surface area contributed by atoms with Crippen molar-refractivity contribution in [2.45, 2.75) is 82.2 Å². The molecule has 3 aliphatic heterocycles. The molecule has 9 heteroatoms. The molecule has 0 aromatic carbocycles. The van der Waals surface area contributed by atoms with Gasteiger partial charge in [-0.25, -0.2) is 0 Å². The van der Waals surface area contributed by atoms with Gasteiger partial charge < -0.3 is 44.1 Å². The number of ether oxygens (including phenoxy) is 5. The van der Waals surface area contributed by atoms with E-state index in [1.165, 1.54) is 0 Å². The minimum absolute atomic E-state index is 0.0138. The van der Waals surface area contributed by atoms with E-state index in [1.807, 2.05) is 13.8 Å². The number of methoxy groups -OCH3 is 1. The second-order valence-corrected chi connectivity index (χ2v) is 6.52. The molecule has 0 spiro atoms. The topological polar surface area (TPSA) is 127 Å². The van der Waals surface area contributed by atoms with Gasteiger partial charge in [-0.1, -0.05) is 6.92 Å². The predicted molar refractivity (Wildman–Crippen MR) is 79.8 cm³/mol. The predicted octanol–water partition coefficient (Wildman–Crippen LogP) is -1.29. The quantitative estimate of drug-likeness (QED) is 0.480. The highest BCUT2D eigenvalue weighted by Gasteiger charge is 2.54. The molecule has 3 aliphatic rings. The molecule has 3 rings (SSSR count). The summed E-state index contributed by atoms with van der Waals surface area (Å²) >= 11 is 0. The standard InChI is InChI=1S/C10H18O4.C5H10O5/c1-5-6-7-8(9(11-4)12-6)14-10(2,3)13-7;6-2-1-10-5(9)4(8)3(2)7/h6-9H,5H2,1-4H3;2-9H,1H2/t6-,7-,8-,9?;2-,3-,4-,5?/m11/s1. The van der Waals surface area contributed by atoms with E-state index in [2.05, 4.69) is 11.7 Å². The average Bonchev–Trinajstić information content (AvgIpc) is 3.02. The molecule has 9 nitrogen and oxygen atoms in total. The Labute approximate surface area is 141 Å². The van der Waals surface area contributed by atoms with Gasteiger partial charge in [0.2, 0.25) is 0 Å². The summed E-state index contributed by atoms with van der Waals surface area (Å²) in [5, 5.41) is 35.3. The lowest BCUT2D eigenvalue weighted by molar-refractivity contribution is -0.252. The fourth-order valence-corrected chi connectivity index (χ4v) is 2.95. The van der Waals surface area contributed by atoms with E-state index in [9.17, 15) is 0 Å². The summed E-state index contributed by atoms with van der Waals surface area (Å²) in [5.74, 6) is -0.511. The SMILES string of the molecule is CC[C@H]1OC(OC)[C@@H]2OC(C)(C)O[C@H]12.OC1OC[C@@H](O)[C@@H](O)[C@H]1O. The monoisotopic (exact) mass is 352 g/mol. The Kier molecular flexibility index (Phi) is 6.57. The van der Waals surface area contributed by atoms with Gasteiger partial charge in [0.25, 0.3) is 0 Å². The van der Waals surface area contributed by atoms with Crippen molar-refractivity contribution in [1.29, 1.82) is 0 Å². The van der Waals surface area contributed by atoms with Crippen molar-refractivity contribution >= 4 is 0 Å². The molecule has 24 heavy (non-hydrogen) atoms. The van der Waals surface area contributed by atoms with Crippen LogP contribution in [0.3, 0.4) is 0 Å². The Balaban J connectivity index is 0.000000185. The normalized spacial score (nSPS) is 47.0. The number of fused-ring (bicyclic) bond motifs is 1. The van der Waals surface area contributed by atoms with Crippen LogP contribution in [0.1, 0.15) is 27.2 Å². The maximum Gasteiger partial charge on any atom is 0.186 e. The van der Waals surface area contributed by atoms with Crippen LogP contribution in [0.2, 0.25) is 0 Å². The summed E-state index contributed by atoms with van der Waals surface area (Å²) < 4.78 is 26.9. The summed E-state index contributed by atoms with van der Waals surface area (Å²) in [6.07, 6.45) is -4.58. The molecule has 0 saturated carbocycles. The molecule has 0 bridgehead atoms. The first-order valence-electron chi connectivity index (χ1n) is 8.08. The van der Waals surface area contributed by atoms with E-state index in [4.69, 9.17) is 39.4 Å².